The zero-order valence-corrected chi connectivity index (χ0v) is 17.0. The van der Waals surface area contributed by atoms with E-state index < -0.39 is 23.3 Å². The monoisotopic (exact) mass is 422 g/mol. The molecule has 0 amide bonds. The topological polar surface area (TPSA) is 105 Å². The minimum absolute atomic E-state index is 0.200. The Hall–Kier alpha value is -4.07. The molecule has 4 rings (SSSR count). The highest BCUT2D eigenvalue weighted by Crippen LogP contribution is 2.30. The average Bonchev–Trinajstić information content (AvgIpc) is 2.76. The van der Waals surface area contributed by atoms with E-state index in [0.29, 0.717) is 33.4 Å². The van der Waals surface area contributed by atoms with Crippen molar-refractivity contribution in [1.29, 1.82) is 0 Å². The Labute approximate surface area is 175 Å². The van der Waals surface area contributed by atoms with Crippen LogP contribution in [-0.4, -0.2) is 26.3 Å². The van der Waals surface area contributed by atoms with Gasteiger partial charge in [0, 0.05) is 34.5 Å². The molecule has 0 bridgehead atoms. The summed E-state index contributed by atoms with van der Waals surface area (Å²) in [5, 5.41) is 1.18. The Morgan fingerprint density at radius 2 is 1.61 bits per heavy atom. The summed E-state index contributed by atoms with van der Waals surface area (Å²) in [7, 11) is 2.78. The molecule has 0 spiro atoms. The van der Waals surface area contributed by atoms with Crippen molar-refractivity contribution in [1.82, 2.24) is 0 Å². The van der Waals surface area contributed by atoms with E-state index in [1.165, 1.54) is 33.3 Å². The second kappa shape index (κ2) is 7.98. The third-order valence-corrected chi connectivity index (χ3v) is 4.80. The summed E-state index contributed by atoms with van der Waals surface area (Å²) in [6.07, 6.45) is -0.845. The largest absolute Gasteiger partial charge is 0.497 e. The van der Waals surface area contributed by atoms with Gasteiger partial charge >= 0.3 is 17.2 Å². The Kier molecular flexibility index (Phi) is 5.21. The van der Waals surface area contributed by atoms with Crippen molar-refractivity contribution < 1.29 is 27.8 Å². The lowest BCUT2D eigenvalue weighted by atomic mass is 10.0. The van der Waals surface area contributed by atoms with E-state index in [0.717, 1.165) is 0 Å². The first-order valence-corrected chi connectivity index (χ1v) is 9.34. The Morgan fingerprint density at radius 3 is 2.35 bits per heavy atom. The molecule has 4 aromatic rings. The first-order valence-electron chi connectivity index (χ1n) is 9.34. The average molecular weight is 422 g/mol. The van der Waals surface area contributed by atoms with Crippen LogP contribution < -0.4 is 20.7 Å². The number of esters is 1. The van der Waals surface area contributed by atoms with Crippen LogP contribution in [0.4, 0.5) is 0 Å². The van der Waals surface area contributed by atoms with Crippen LogP contribution >= 0.6 is 0 Å². The lowest BCUT2D eigenvalue weighted by Crippen LogP contribution is -2.24. The number of methoxy groups -OCH3 is 2. The second-order valence-corrected chi connectivity index (χ2v) is 6.77. The van der Waals surface area contributed by atoms with Crippen LogP contribution in [0.2, 0.25) is 0 Å². The van der Waals surface area contributed by atoms with Gasteiger partial charge in [0.15, 0.2) is 6.10 Å². The molecular weight excluding hydrogens is 404 g/mol. The van der Waals surface area contributed by atoms with E-state index in [-0.39, 0.29) is 11.1 Å². The zero-order chi connectivity index (χ0) is 22.1. The highest BCUT2D eigenvalue weighted by Gasteiger charge is 2.17. The number of carbonyl (C=O) groups is 1. The predicted octanol–water partition coefficient (Wildman–Crippen LogP) is 3.52. The first-order chi connectivity index (χ1) is 14.9. The molecule has 0 saturated heterocycles. The molecule has 0 aliphatic carbocycles. The van der Waals surface area contributed by atoms with Gasteiger partial charge in [-0.15, -0.1) is 0 Å². The first kappa shape index (κ1) is 20.2. The van der Waals surface area contributed by atoms with E-state index in [9.17, 15) is 14.4 Å². The van der Waals surface area contributed by atoms with Gasteiger partial charge in [-0.25, -0.2) is 14.4 Å². The van der Waals surface area contributed by atoms with Gasteiger partial charge in [-0.05, 0) is 37.3 Å². The standard InChI is InChI=1S/C23H18O8/c1-12(22(25)28-3)29-15-6-7-16-17(11-21(24)30-20(16)10-15)18-8-13-4-5-14(27-2)9-19(13)31-23(18)26/h4-12H,1-3H3/t12-/m1/s1. The van der Waals surface area contributed by atoms with Crippen LogP contribution in [0, 0.1) is 0 Å². The van der Waals surface area contributed by atoms with Crippen LogP contribution in [0.3, 0.4) is 0 Å². The SMILES string of the molecule is COC(=O)[C@@H](C)Oc1ccc2c(-c3cc4ccc(OC)cc4oc3=O)cc(=O)oc2c1. The number of hydrogen-bond donors (Lipinski definition) is 0. The second-order valence-electron chi connectivity index (χ2n) is 6.77. The number of carbonyl (C=O) groups excluding carboxylic acids is 1. The van der Waals surface area contributed by atoms with E-state index in [1.807, 2.05) is 0 Å². The van der Waals surface area contributed by atoms with Gasteiger partial charge in [-0.2, -0.15) is 0 Å². The molecule has 31 heavy (non-hydrogen) atoms. The maximum absolute atomic E-state index is 12.7. The summed E-state index contributed by atoms with van der Waals surface area (Å²) in [5.74, 6) is 0.326. The van der Waals surface area contributed by atoms with Crippen molar-refractivity contribution >= 4 is 27.9 Å². The van der Waals surface area contributed by atoms with Crippen LogP contribution in [0.1, 0.15) is 6.92 Å². The molecule has 2 heterocycles. The number of rotatable bonds is 5. The van der Waals surface area contributed by atoms with E-state index >= 15 is 0 Å². The van der Waals surface area contributed by atoms with Crippen LogP contribution in [-0.2, 0) is 9.53 Å². The quantitative estimate of drug-likeness (QED) is 0.355. The molecule has 0 aliphatic rings. The normalized spacial score (nSPS) is 12.0. The number of benzene rings is 2. The minimum Gasteiger partial charge on any atom is -0.497 e. The van der Waals surface area contributed by atoms with Crippen molar-refractivity contribution in [3.8, 4) is 22.6 Å². The molecule has 8 nitrogen and oxygen atoms in total. The van der Waals surface area contributed by atoms with Gasteiger partial charge in [0.05, 0.1) is 19.8 Å². The van der Waals surface area contributed by atoms with Crippen LogP contribution in [0.15, 0.2) is 67.0 Å². The predicted molar refractivity (Wildman–Crippen MR) is 113 cm³/mol. The molecule has 0 saturated carbocycles. The van der Waals surface area contributed by atoms with Crippen LogP contribution in [0.25, 0.3) is 33.1 Å². The zero-order valence-electron chi connectivity index (χ0n) is 17.0. The molecule has 0 radical (unpaired) electrons. The highest BCUT2D eigenvalue weighted by molar-refractivity contribution is 5.95. The molecule has 8 heteroatoms. The van der Waals surface area contributed by atoms with Gasteiger partial charge in [0.25, 0.3) is 0 Å². The molecule has 2 aromatic carbocycles. The molecule has 2 aromatic heterocycles. The summed E-state index contributed by atoms with van der Waals surface area (Å²) >= 11 is 0. The maximum atomic E-state index is 12.7. The lowest BCUT2D eigenvalue weighted by Gasteiger charge is -2.13. The number of ether oxygens (including phenoxy) is 3. The third-order valence-electron chi connectivity index (χ3n) is 4.80. The smallest absolute Gasteiger partial charge is 0.346 e. The van der Waals surface area contributed by atoms with Crippen molar-refractivity contribution in [3.63, 3.8) is 0 Å². The van der Waals surface area contributed by atoms with Crippen molar-refractivity contribution in [3.05, 3.63) is 69.4 Å². The summed E-state index contributed by atoms with van der Waals surface area (Å²) in [5.41, 5.74) is -0.0983. The minimum atomic E-state index is -0.845. The summed E-state index contributed by atoms with van der Waals surface area (Å²) in [4.78, 5) is 36.5. The van der Waals surface area contributed by atoms with Crippen molar-refractivity contribution in [2.75, 3.05) is 14.2 Å². The van der Waals surface area contributed by atoms with Gasteiger partial charge in [-0.3, -0.25) is 0 Å². The summed E-state index contributed by atoms with van der Waals surface area (Å²) in [6.45, 7) is 1.54. The van der Waals surface area contributed by atoms with E-state index in [4.69, 9.17) is 18.3 Å². The van der Waals surface area contributed by atoms with E-state index in [1.54, 1.807) is 36.4 Å². The van der Waals surface area contributed by atoms with Gasteiger partial charge in [0.2, 0.25) is 0 Å². The molecule has 0 fully saturated rings. The third kappa shape index (κ3) is 3.87. The summed E-state index contributed by atoms with van der Waals surface area (Å²) < 4.78 is 26.1. The molecule has 158 valence electrons. The molecular formula is C23H18O8. The van der Waals surface area contributed by atoms with Gasteiger partial charge in [-0.1, -0.05) is 0 Å². The van der Waals surface area contributed by atoms with Crippen molar-refractivity contribution in [2.24, 2.45) is 0 Å². The fourth-order valence-corrected chi connectivity index (χ4v) is 3.26. The molecule has 0 N–H and O–H groups in total. The highest BCUT2D eigenvalue weighted by atomic mass is 16.6. The van der Waals surface area contributed by atoms with Gasteiger partial charge < -0.3 is 23.0 Å². The molecule has 0 aliphatic heterocycles. The molecule has 0 unspecified atom stereocenters. The Bertz CT molecular complexity index is 1410. The van der Waals surface area contributed by atoms with Gasteiger partial charge in [0.1, 0.15) is 22.7 Å². The number of hydrogen-bond acceptors (Lipinski definition) is 8. The molecule has 1 atom stereocenters. The van der Waals surface area contributed by atoms with Crippen molar-refractivity contribution in [2.45, 2.75) is 13.0 Å². The maximum Gasteiger partial charge on any atom is 0.346 e. The number of fused-ring (bicyclic) bond motifs is 2. The van der Waals surface area contributed by atoms with Crippen LogP contribution in [0.5, 0.6) is 11.5 Å². The summed E-state index contributed by atoms with van der Waals surface area (Å²) in [6, 6.07) is 12.7. The fraction of sp³-hybridized carbons (Fsp3) is 0.174. The lowest BCUT2D eigenvalue weighted by molar-refractivity contribution is -0.147. The Balaban J connectivity index is 1.84. The Morgan fingerprint density at radius 1 is 0.871 bits per heavy atom. The fourth-order valence-electron chi connectivity index (χ4n) is 3.26. The van der Waals surface area contributed by atoms with E-state index in [2.05, 4.69) is 4.74 Å².